The molecule has 0 spiro atoms. The highest BCUT2D eigenvalue weighted by atomic mass is 16.5. The molecule has 2 N–H and O–H groups in total. The van der Waals surface area contributed by atoms with E-state index in [0.29, 0.717) is 18.0 Å². The van der Waals surface area contributed by atoms with E-state index in [-0.39, 0.29) is 5.69 Å². The van der Waals surface area contributed by atoms with E-state index < -0.39 is 17.9 Å². The maximum absolute atomic E-state index is 12.5. The molecule has 1 heterocycles. The van der Waals surface area contributed by atoms with Crippen molar-refractivity contribution in [2.24, 2.45) is 5.92 Å². The van der Waals surface area contributed by atoms with Crippen molar-refractivity contribution >= 4 is 11.9 Å². The first-order valence-corrected chi connectivity index (χ1v) is 7.54. The van der Waals surface area contributed by atoms with Crippen molar-refractivity contribution in [2.75, 3.05) is 7.11 Å². The Morgan fingerprint density at radius 1 is 1.30 bits per heavy atom. The number of methoxy groups -OCH3 is 1. The van der Waals surface area contributed by atoms with Crippen LogP contribution in [0.1, 0.15) is 29.8 Å². The molecule has 120 valence electrons. The van der Waals surface area contributed by atoms with Gasteiger partial charge in [0.05, 0.1) is 7.11 Å². The second kappa shape index (κ2) is 6.60. The molecule has 1 aromatic carbocycles. The number of nitrogens with one attached hydrogen (secondary N) is 2. The second-order valence-electron chi connectivity index (χ2n) is 5.62. The predicted molar refractivity (Wildman–Crippen MR) is 82.4 cm³/mol. The quantitative estimate of drug-likeness (QED) is 0.788. The van der Waals surface area contributed by atoms with E-state index >= 15 is 0 Å². The number of carbonyl (C=O) groups is 2. The molecule has 1 aliphatic carbocycles. The molecule has 1 aromatic heterocycles. The Balaban J connectivity index is 1.77. The number of benzene rings is 1. The van der Waals surface area contributed by atoms with Crippen molar-refractivity contribution in [3.05, 3.63) is 36.0 Å². The van der Waals surface area contributed by atoms with Gasteiger partial charge in [-0.1, -0.05) is 43.2 Å². The predicted octanol–water partition coefficient (Wildman–Crippen LogP) is 1.54. The lowest BCUT2D eigenvalue weighted by molar-refractivity contribution is -0.143. The third kappa shape index (κ3) is 3.56. The van der Waals surface area contributed by atoms with Crippen molar-refractivity contribution in [1.82, 2.24) is 20.7 Å². The molecule has 1 saturated carbocycles. The van der Waals surface area contributed by atoms with Gasteiger partial charge in [-0.25, -0.2) is 4.79 Å². The van der Waals surface area contributed by atoms with Crippen LogP contribution in [0.2, 0.25) is 0 Å². The van der Waals surface area contributed by atoms with Gasteiger partial charge in [-0.15, -0.1) is 0 Å². The number of hydrogen-bond acceptors (Lipinski definition) is 5. The summed E-state index contributed by atoms with van der Waals surface area (Å²) in [4.78, 5) is 24.3. The highest BCUT2D eigenvalue weighted by molar-refractivity contribution is 5.99. The van der Waals surface area contributed by atoms with Gasteiger partial charge in [0.1, 0.15) is 11.7 Å². The molecule has 0 radical (unpaired) electrons. The lowest BCUT2D eigenvalue weighted by Crippen LogP contribution is -2.42. The van der Waals surface area contributed by atoms with Gasteiger partial charge in [-0.2, -0.15) is 15.4 Å². The molecule has 7 nitrogen and oxygen atoms in total. The van der Waals surface area contributed by atoms with Gasteiger partial charge in [0.2, 0.25) is 0 Å². The molecule has 7 heteroatoms. The number of aromatic nitrogens is 3. The molecule has 1 amide bonds. The number of amides is 1. The SMILES string of the molecule is COC(=O)C(CC1CC1)NC(=O)c1n[nH]nc1-c1ccccc1. The molecule has 1 unspecified atom stereocenters. The minimum atomic E-state index is -0.652. The van der Waals surface area contributed by atoms with E-state index in [1.165, 1.54) is 7.11 Å². The van der Waals surface area contributed by atoms with E-state index in [4.69, 9.17) is 4.74 Å². The summed E-state index contributed by atoms with van der Waals surface area (Å²) in [5, 5.41) is 13.2. The van der Waals surface area contributed by atoms with Crippen molar-refractivity contribution in [3.8, 4) is 11.3 Å². The third-order valence-electron chi connectivity index (χ3n) is 3.87. The largest absolute Gasteiger partial charge is 0.467 e. The van der Waals surface area contributed by atoms with E-state index in [1.54, 1.807) is 0 Å². The molecule has 23 heavy (non-hydrogen) atoms. The average molecular weight is 314 g/mol. The minimum Gasteiger partial charge on any atom is -0.467 e. The molecule has 1 aliphatic rings. The van der Waals surface area contributed by atoms with Crippen molar-refractivity contribution < 1.29 is 14.3 Å². The number of rotatable bonds is 6. The topological polar surface area (TPSA) is 97.0 Å². The summed E-state index contributed by atoms with van der Waals surface area (Å²) in [5.41, 5.74) is 1.40. The van der Waals surface area contributed by atoms with E-state index in [2.05, 4.69) is 20.7 Å². The number of H-pyrrole nitrogens is 1. The van der Waals surface area contributed by atoms with Gasteiger partial charge in [0.15, 0.2) is 5.69 Å². The Labute approximate surface area is 133 Å². The molecule has 3 rings (SSSR count). The standard InChI is InChI=1S/C16H18N4O3/c1-23-16(22)12(9-10-7-8-10)17-15(21)14-13(18-20-19-14)11-5-3-2-4-6-11/h2-6,10,12H,7-9H2,1H3,(H,17,21)(H,18,19,20). The van der Waals surface area contributed by atoms with E-state index in [1.807, 2.05) is 30.3 Å². The highest BCUT2D eigenvalue weighted by Gasteiger charge is 2.32. The molecule has 2 aromatic rings. The van der Waals surface area contributed by atoms with Gasteiger partial charge in [-0.3, -0.25) is 4.79 Å². The summed E-state index contributed by atoms with van der Waals surface area (Å²) in [6, 6.07) is 8.63. The zero-order valence-electron chi connectivity index (χ0n) is 12.8. The molecular weight excluding hydrogens is 296 g/mol. The Morgan fingerprint density at radius 3 is 2.70 bits per heavy atom. The fourth-order valence-electron chi connectivity index (χ4n) is 2.46. The zero-order chi connectivity index (χ0) is 16.2. The van der Waals surface area contributed by atoms with Crippen LogP contribution in [0.15, 0.2) is 30.3 Å². The van der Waals surface area contributed by atoms with Crippen LogP contribution in [0.4, 0.5) is 0 Å². The third-order valence-corrected chi connectivity index (χ3v) is 3.87. The number of aromatic amines is 1. The summed E-state index contributed by atoms with van der Waals surface area (Å²) in [7, 11) is 1.32. The molecule has 1 atom stereocenters. The lowest BCUT2D eigenvalue weighted by Gasteiger charge is -2.15. The molecule has 1 fully saturated rings. The van der Waals surface area contributed by atoms with Crippen molar-refractivity contribution in [2.45, 2.75) is 25.3 Å². The smallest absolute Gasteiger partial charge is 0.328 e. The van der Waals surface area contributed by atoms with Gasteiger partial charge in [-0.05, 0) is 12.3 Å². The Kier molecular flexibility index (Phi) is 4.36. The first kappa shape index (κ1) is 15.2. The Bertz CT molecular complexity index is 694. The Morgan fingerprint density at radius 2 is 2.04 bits per heavy atom. The second-order valence-corrected chi connectivity index (χ2v) is 5.62. The number of hydrogen-bond donors (Lipinski definition) is 2. The maximum atomic E-state index is 12.5. The van der Waals surface area contributed by atoms with Gasteiger partial charge < -0.3 is 10.1 Å². The highest BCUT2D eigenvalue weighted by Crippen LogP contribution is 2.33. The molecule has 0 saturated heterocycles. The normalized spacial score (nSPS) is 15.0. The van der Waals surface area contributed by atoms with E-state index in [9.17, 15) is 9.59 Å². The van der Waals surface area contributed by atoms with Gasteiger partial charge in [0, 0.05) is 5.56 Å². The van der Waals surface area contributed by atoms with Crippen LogP contribution in [-0.4, -0.2) is 40.4 Å². The summed E-state index contributed by atoms with van der Waals surface area (Å²) in [5.74, 6) is -0.394. The number of esters is 1. The first-order valence-electron chi connectivity index (χ1n) is 7.54. The summed E-state index contributed by atoms with van der Waals surface area (Å²) in [6.45, 7) is 0. The number of nitrogens with zero attached hydrogens (tertiary/aromatic N) is 2. The van der Waals surface area contributed by atoms with Crippen LogP contribution in [0.5, 0.6) is 0 Å². The summed E-state index contributed by atoms with van der Waals surface area (Å²) >= 11 is 0. The lowest BCUT2D eigenvalue weighted by atomic mass is 10.1. The van der Waals surface area contributed by atoms with Crippen LogP contribution in [-0.2, 0) is 9.53 Å². The van der Waals surface area contributed by atoms with Crippen LogP contribution < -0.4 is 5.32 Å². The molecule has 0 aliphatic heterocycles. The number of ether oxygens (including phenoxy) is 1. The van der Waals surface area contributed by atoms with Gasteiger partial charge in [0.25, 0.3) is 5.91 Å². The van der Waals surface area contributed by atoms with Crippen LogP contribution in [0, 0.1) is 5.92 Å². The monoisotopic (exact) mass is 314 g/mol. The molecule has 0 bridgehead atoms. The number of carbonyl (C=O) groups excluding carboxylic acids is 2. The van der Waals surface area contributed by atoms with E-state index in [0.717, 1.165) is 18.4 Å². The fourth-order valence-corrected chi connectivity index (χ4v) is 2.46. The van der Waals surface area contributed by atoms with Crippen LogP contribution in [0.25, 0.3) is 11.3 Å². The Hall–Kier alpha value is -2.70. The van der Waals surface area contributed by atoms with Crippen LogP contribution in [0.3, 0.4) is 0 Å². The summed E-state index contributed by atoms with van der Waals surface area (Å²) in [6.07, 6.45) is 2.77. The first-order chi connectivity index (χ1) is 11.2. The summed E-state index contributed by atoms with van der Waals surface area (Å²) < 4.78 is 4.78. The zero-order valence-corrected chi connectivity index (χ0v) is 12.8. The maximum Gasteiger partial charge on any atom is 0.328 e. The minimum absolute atomic E-state index is 0.168. The van der Waals surface area contributed by atoms with Crippen molar-refractivity contribution in [1.29, 1.82) is 0 Å². The van der Waals surface area contributed by atoms with Gasteiger partial charge >= 0.3 is 5.97 Å². The molecular formula is C16H18N4O3. The average Bonchev–Trinajstić information content (AvgIpc) is 3.26. The van der Waals surface area contributed by atoms with Crippen molar-refractivity contribution in [3.63, 3.8) is 0 Å². The fraction of sp³-hybridized carbons (Fsp3) is 0.375. The van der Waals surface area contributed by atoms with Crippen LogP contribution >= 0.6 is 0 Å².